The van der Waals surface area contributed by atoms with E-state index in [0.717, 1.165) is 12.0 Å². The smallest absolute Gasteiger partial charge is 0.133 e. The minimum atomic E-state index is -0.561. The van der Waals surface area contributed by atoms with Gasteiger partial charge in [-0.3, -0.25) is 4.90 Å². The maximum atomic E-state index is 9.86. The van der Waals surface area contributed by atoms with Crippen molar-refractivity contribution in [3.8, 4) is 0 Å². The van der Waals surface area contributed by atoms with E-state index in [1.807, 2.05) is 51.6 Å². The SMILES string of the molecule is CC\C=C/C(=C\C=C\NC)C(O)N(C)C. The van der Waals surface area contributed by atoms with Crippen molar-refractivity contribution in [1.82, 2.24) is 10.2 Å². The molecule has 2 N–H and O–H groups in total. The van der Waals surface area contributed by atoms with Gasteiger partial charge in [-0.2, -0.15) is 0 Å². The number of hydrogen-bond donors (Lipinski definition) is 2. The lowest BCUT2D eigenvalue weighted by Crippen LogP contribution is -2.28. The van der Waals surface area contributed by atoms with E-state index in [-0.39, 0.29) is 0 Å². The van der Waals surface area contributed by atoms with Gasteiger partial charge in [0.05, 0.1) is 0 Å². The lowest BCUT2D eigenvalue weighted by Gasteiger charge is -2.19. The molecule has 15 heavy (non-hydrogen) atoms. The number of allylic oxidation sites excluding steroid dienone is 3. The second kappa shape index (κ2) is 8.26. The number of aliphatic hydroxyl groups excluding tert-OH is 1. The number of aliphatic hydroxyl groups is 1. The highest BCUT2D eigenvalue weighted by atomic mass is 16.3. The van der Waals surface area contributed by atoms with E-state index in [9.17, 15) is 5.11 Å². The molecule has 0 aromatic heterocycles. The molecule has 0 aliphatic heterocycles. The minimum absolute atomic E-state index is 0.561. The Kier molecular flexibility index (Phi) is 7.68. The lowest BCUT2D eigenvalue weighted by molar-refractivity contribution is 0.0760. The van der Waals surface area contributed by atoms with E-state index in [1.165, 1.54) is 0 Å². The van der Waals surface area contributed by atoms with Crippen molar-refractivity contribution in [3.05, 3.63) is 36.1 Å². The van der Waals surface area contributed by atoms with Crippen LogP contribution >= 0.6 is 0 Å². The van der Waals surface area contributed by atoms with Crippen molar-refractivity contribution in [2.24, 2.45) is 0 Å². The number of hydrogen-bond acceptors (Lipinski definition) is 3. The van der Waals surface area contributed by atoms with Gasteiger partial charge in [-0.05, 0) is 38.4 Å². The summed E-state index contributed by atoms with van der Waals surface area (Å²) in [5, 5.41) is 12.8. The summed E-state index contributed by atoms with van der Waals surface area (Å²) in [6.45, 7) is 2.07. The fourth-order valence-corrected chi connectivity index (χ4v) is 1.04. The molecule has 86 valence electrons. The Morgan fingerprint density at radius 1 is 1.47 bits per heavy atom. The van der Waals surface area contributed by atoms with Crippen molar-refractivity contribution in [3.63, 3.8) is 0 Å². The highest BCUT2D eigenvalue weighted by Gasteiger charge is 2.08. The Labute approximate surface area is 92.8 Å². The molecule has 0 saturated heterocycles. The molecule has 0 amide bonds. The minimum Gasteiger partial charge on any atom is -0.394 e. The van der Waals surface area contributed by atoms with Crippen LogP contribution in [-0.2, 0) is 0 Å². The van der Waals surface area contributed by atoms with Gasteiger partial charge in [-0.1, -0.05) is 25.2 Å². The van der Waals surface area contributed by atoms with E-state index in [2.05, 4.69) is 12.2 Å². The molecular weight excluding hydrogens is 188 g/mol. The fraction of sp³-hybridized carbons (Fsp3) is 0.500. The Hall–Kier alpha value is -1.06. The van der Waals surface area contributed by atoms with E-state index >= 15 is 0 Å². The van der Waals surface area contributed by atoms with Crippen LogP contribution in [0.3, 0.4) is 0 Å². The average molecular weight is 210 g/mol. The van der Waals surface area contributed by atoms with Crippen molar-refractivity contribution in [2.75, 3.05) is 21.1 Å². The number of likely N-dealkylation sites (N-methyl/N-ethyl adjacent to an activating group) is 1. The Bertz CT molecular complexity index is 242. The molecule has 0 fully saturated rings. The summed E-state index contributed by atoms with van der Waals surface area (Å²) < 4.78 is 0. The number of nitrogens with one attached hydrogen (secondary N) is 1. The maximum absolute atomic E-state index is 9.86. The first-order valence-electron chi connectivity index (χ1n) is 5.18. The van der Waals surface area contributed by atoms with Crippen molar-refractivity contribution in [2.45, 2.75) is 19.6 Å². The molecular formula is C12H22N2O. The predicted molar refractivity (Wildman–Crippen MR) is 65.4 cm³/mol. The molecule has 0 heterocycles. The molecule has 1 atom stereocenters. The lowest BCUT2D eigenvalue weighted by atomic mass is 10.1. The molecule has 1 unspecified atom stereocenters. The fourth-order valence-electron chi connectivity index (χ4n) is 1.04. The van der Waals surface area contributed by atoms with Crippen LogP contribution in [-0.4, -0.2) is 37.4 Å². The highest BCUT2D eigenvalue weighted by Crippen LogP contribution is 2.07. The molecule has 0 aromatic rings. The molecule has 0 radical (unpaired) electrons. The zero-order chi connectivity index (χ0) is 11.7. The molecule has 0 aromatic carbocycles. The van der Waals surface area contributed by atoms with Gasteiger partial charge in [0.25, 0.3) is 0 Å². The van der Waals surface area contributed by atoms with Crippen LogP contribution in [0.15, 0.2) is 36.1 Å². The van der Waals surface area contributed by atoms with Gasteiger partial charge in [0.2, 0.25) is 0 Å². The third-order valence-corrected chi connectivity index (χ3v) is 1.88. The first-order valence-corrected chi connectivity index (χ1v) is 5.18. The highest BCUT2D eigenvalue weighted by molar-refractivity contribution is 5.26. The quantitative estimate of drug-likeness (QED) is 0.515. The summed E-state index contributed by atoms with van der Waals surface area (Å²) in [5.41, 5.74) is 0.883. The Morgan fingerprint density at radius 3 is 2.60 bits per heavy atom. The molecule has 0 spiro atoms. The van der Waals surface area contributed by atoms with Crippen LogP contribution < -0.4 is 5.32 Å². The Morgan fingerprint density at radius 2 is 2.13 bits per heavy atom. The van der Waals surface area contributed by atoms with Crippen LogP contribution in [0, 0.1) is 0 Å². The molecule has 0 aliphatic carbocycles. The van der Waals surface area contributed by atoms with Gasteiger partial charge in [0.15, 0.2) is 0 Å². The van der Waals surface area contributed by atoms with Gasteiger partial charge in [0, 0.05) is 7.05 Å². The van der Waals surface area contributed by atoms with E-state index < -0.39 is 6.23 Å². The van der Waals surface area contributed by atoms with Gasteiger partial charge < -0.3 is 10.4 Å². The summed E-state index contributed by atoms with van der Waals surface area (Å²) >= 11 is 0. The molecule has 3 heteroatoms. The molecule has 0 bridgehead atoms. The first kappa shape index (κ1) is 13.9. The average Bonchev–Trinajstić information content (AvgIpc) is 2.22. The largest absolute Gasteiger partial charge is 0.394 e. The summed E-state index contributed by atoms with van der Waals surface area (Å²) in [6, 6.07) is 0. The van der Waals surface area contributed by atoms with Crippen molar-refractivity contribution >= 4 is 0 Å². The molecule has 3 nitrogen and oxygen atoms in total. The summed E-state index contributed by atoms with van der Waals surface area (Å²) in [7, 11) is 5.54. The van der Waals surface area contributed by atoms with Crippen LogP contribution in [0.4, 0.5) is 0 Å². The van der Waals surface area contributed by atoms with Crippen LogP contribution in [0.1, 0.15) is 13.3 Å². The predicted octanol–water partition coefficient (Wildman–Crippen LogP) is 1.49. The van der Waals surface area contributed by atoms with Gasteiger partial charge >= 0.3 is 0 Å². The topological polar surface area (TPSA) is 35.5 Å². The summed E-state index contributed by atoms with van der Waals surface area (Å²) in [4.78, 5) is 1.76. The monoisotopic (exact) mass is 210 g/mol. The third-order valence-electron chi connectivity index (χ3n) is 1.88. The first-order chi connectivity index (χ1) is 7.13. The summed E-state index contributed by atoms with van der Waals surface area (Å²) in [6.07, 6.45) is 9.98. The van der Waals surface area contributed by atoms with Crippen molar-refractivity contribution in [1.29, 1.82) is 0 Å². The van der Waals surface area contributed by atoms with E-state index in [0.29, 0.717) is 0 Å². The maximum Gasteiger partial charge on any atom is 0.133 e. The summed E-state index contributed by atoms with van der Waals surface area (Å²) in [5.74, 6) is 0. The zero-order valence-electron chi connectivity index (χ0n) is 10.1. The van der Waals surface area contributed by atoms with Crippen molar-refractivity contribution < 1.29 is 5.11 Å². The normalized spacial score (nSPS) is 15.5. The second-order valence-electron chi connectivity index (χ2n) is 3.46. The number of rotatable bonds is 6. The van der Waals surface area contributed by atoms with Gasteiger partial charge in [0.1, 0.15) is 6.23 Å². The second-order valence-corrected chi connectivity index (χ2v) is 3.46. The van der Waals surface area contributed by atoms with Gasteiger partial charge in [-0.15, -0.1) is 0 Å². The molecule has 0 aliphatic rings. The molecule has 0 saturated carbocycles. The molecule has 0 rings (SSSR count). The Balaban J connectivity index is 4.64. The van der Waals surface area contributed by atoms with Crippen LogP contribution in [0.5, 0.6) is 0 Å². The van der Waals surface area contributed by atoms with E-state index in [1.54, 1.807) is 4.90 Å². The van der Waals surface area contributed by atoms with Crippen LogP contribution in [0.2, 0.25) is 0 Å². The zero-order valence-corrected chi connectivity index (χ0v) is 10.1. The number of nitrogens with zero attached hydrogens (tertiary/aromatic N) is 1. The van der Waals surface area contributed by atoms with E-state index in [4.69, 9.17) is 0 Å². The van der Waals surface area contributed by atoms with Crippen LogP contribution in [0.25, 0.3) is 0 Å². The standard InChI is InChI=1S/C12H22N2O/c1-5-6-8-11(9-7-10-13-2)12(15)14(3)4/h6-10,12-13,15H,5H2,1-4H3/b8-6-,10-7+,11-9+. The van der Waals surface area contributed by atoms with Gasteiger partial charge in [-0.25, -0.2) is 0 Å². The third kappa shape index (κ3) is 6.10.